The number of hydrogen-bond acceptors (Lipinski definition) is 3. The molecule has 78 valence electrons. The average molecular weight is 203 g/mol. The van der Waals surface area contributed by atoms with Crippen LogP contribution in [0.1, 0.15) is 20.8 Å². The first-order valence-electron chi connectivity index (χ1n) is 4.58. The Morgan fingerprint density at radius 1 is 1.54 bits per heavy atom. The van der Waals surface area contributed by atoms with Crippen molar-refractivity contribution in [3.05, 3.63) is 0 Å². The van der Waals surface area contributed by atoms with Crippen LogP contribution in [0.2, 0.25) is 0 Å². The van der Waals surface area contributed by atoms with E-state index < -0.39 is 0 Å². The highest BCUT2D eigenvalue weighted by Gasteiger charge is 2.21. The highest BCUT2D eigenvalue weighted by Crippen LogP contribution is 2.15. The van der Waals surface area contributed by atoms with Crippen molar-refractivity contribution in [2.45, 2.75) is 26.8 Å². The summed E-state index contributed by atoms with van der Waals surface area (Å²) >= 11 is 1.84. The fourth-order valence-electron chi connectivity index (χ4n) is 1.20. The van der Waals surface area contributed by atoms with E-state index in [2.05, 4.69) is 25.1 Å². The molecule has 0 saturated carbocycles. The van der Waals surface area contributed by atoms with Gasteiger partial charge in [0.25, 0.3) is 0 Å². The topological polar surface area (TPSA) is 20.3 Å². The molecule has 0 fully saturated rings. The van der Waals surface area contributed by atoms with Gasteiger partial charge in [0.05, 0.1) is 0 Å². The first kappa shape index (κ1) is 13.0. The summed E-state index contributed by atoms with van der Waals surface area (Å²) in [7, 11) is 2.08. The quantitative estimate of drug-likeness (QED) is 0.615. The average Bonchev–Trinajstić information content (AvgIpc) is 2.04. The van der Waals surface area contributed by atoms with E-state index >= 15 is 0 Å². The molecule has 0 spiro atoms. The fourth-order valence-corrected chi connectivity index (χ4v) is 1.94. The molecule has 13 heavy (non-hydrogen) atoms. The van der Waals surface area contributed by atoms with Crippen molar-refractivity contribution < 1.29 is 4.79 Å². The number of carbonyl (C=O) groups is 1. The maximum Gasteiger partial charge on any atom is 0.126 e. The number of rotatable bonds is 6. The minimum Gasteiger partial charge on any atom is -0.303 e. The molecule has 0 aliphatic carbocycles. The van der Waals surface area contributed by atoms with Gasteiger partial charge in [-0.25, -0.2) is 0 Å². The van der Waals surface area contributed by atoms with Gasteiger partial charge in [0.15, 0.2) is 0 Å². The van der Waals surface area contributed by atoms with Gasteiger partial charge in [-0.15, -0.1) is 0 Å². The molecule has 0 aliphatic rings. The summed E-state index contributed by atoms with van der Waals surface area (Å²) in [6.45, 7) is 6.97. The molecule has 0 aromatic rings. The molecule has 1 atom stereocenters. The molecule has 0 aliphatic heterocycles. The summed E-state index contributed by atoms with van der Waals surface area (Å²) < 4.78 is 0. The van der Waals surface area contributed by atoms with Crippen LogP contribution >= 0.6 is 11.8 Å². The summed E-state index contributed by atoms with van der Waals surface area (Å²) in [5, 5.41) is 0. The first-order chi connectivity index (χ1) is 5.93. The Morgan fingerprint density at radius 2 is 2.08 bits per heavy atom. The minimum atomic E-state index is -0.221. The molecule has 0 N–H and O–H groups in total. The molecule has 1 unspecified atom stereocenters. The lowest BCUT2D eigenvalue weighted by Crippen LogP contribution is -2.39. The van der Waals surface area contributed by atoms with E-state index in [0.717, 1.165) is 18.6 Å². The zero-order valence-electron chi connectivity index (χ0n) is 9.33. The van der Waals surface area contributed by atoms with Crippen molar-refractivity contribution in [1.29, 1.82) is 0 Å². The number of thioether (sulfide) groups is 1. The monoisotopic (exact) mass is 203 g/mol. The van der Waals surface area contributed by atoms with Crippen LogP contribution in [-0.2, 0) is 4.79 Å². The molecule has 0 aromatic carbocycles. The van der Waals surface area contributed by atoms with Crippen molar-refractivity contribution >= 4 is 18.0 Å². The molecule has 2 nitrogen and oxygen atoms in total. The van der Waals surface area contributed by atoms with Crippen LogP contribution in [0.25, 0.3) is 0 Å². The summed E-state index contributed by atoms with van der Waals surface area (Å²) in [4.78, 5) is 13.0. The highest BCUT2D eigenvalue weighted by molar-refractivity contribution is 7.98. The third-order valence-corrected chi connectivity index (χ3v) is 2.95. The normalized spacial score (nSPS) is 14.6. The second kappa shape index (κ2) is 5.66. The van der Waals surface area contributed by atoms with E-state index in [9.17, 15) is 4.79 Å². The summed E-state index contributed by atoms with van der Waals surface area (Å²) in [6.07, 6.45) is 3.14. The van der Waals surface area contributed by atoms with Crippen LogP contribution in [0.5, 0.6) is 0 Å². The first-order valence-corrected chi connectivity index (χ1v) is 5.98. The molecule has 0 heterocycles. The van der Waals surface area contributed by atoms with Crippen LogP contribution in [0, 0.1) is 5.41 Å². The van der Waals surface area contributed by atoms with Gasteiger partial charge in [-0.05, 0) is 20.2 Å². The lowest BCUT2D eigenvalue weighted by Gasteiger charge is -2.30. The zero-order valence-corrected chi connectivity index (χ0v) is 10.1. The number of aldehydes is 1. The molecule has 0 bridgehead atoms. The number of hydrogen-bond donors (Lipinski definition) is 0. The second-order valence-electron chi connectivity index (χ2n) is 4.33. The van der Waals surface area contributed by atoms with E-state index in [-0.39, 0.29) is 5.41 Å². The van der Waals surface area contributed by atoms with Gasteiger partial charge >= 0.3 is 0 Å². The predicted molar refractivity (Wildman–Crippen MR) is 60.3 cm³/mol. The molecule has 0 radical (unpaired) electrons. The van der Waals surface area contributed by atoms with Gasteiger partial charge in [-0.3, -0.25) is 0 Å². The van der Waals surface area contributed by atoms with Crippen molar-refractivity contribution in [3.8, 4) is 0 Å². The van der Waals surface area contributed by atoms with Gasteiger partial charge in [0, 0.05) is 23.8 Å². The standard InChI is InChI=1S/C10H21NOS/c1-9(6-13-5)11(4)7-10(2,3)8-12/h8-9H,6-7H2,1-5H3. The molecule has 0 amide bonds. The van der Waals surface area contributed by atoms with Crippen LogP contribution in [0.15, 0.2) is 0 Å². The molecule has 0 saturated heterocycles. The fraction of sp³-hybridized carbons (Fsp3) is 0.900. The van der Waals surface area contributed by atoms with Crippen LogP contribution < -0.4 is 0 Å². The van der Waals surface area contributed by atoms with Gasteiger partial charge < -0.3 is 9.69 Å². The second-order valence-corrected chi connectivity index (χ2v) is 5.24. The Balaban J connectivity index is 3.98. The van der Waals surface area contributed by atoms with Gasteiger partial charge in [0.2, 0.25) is 0 Å². The molecule has 0 rings (SSSR count). The summed E-state index contributed by atoms with van der Waals surface area (Å²) in [6, 6.07) is 0.536. The predicted octanol–water partition coefficient (Wildman–Crippen LogP) is 1.89. The van der Waals surface area contributed by atoms with Gasteiger partial charge in [-0.1, -0.05) is 13.8 Å². The maximum atomic E-state index is 10.7. The molecular formula is C10H21NOS. The van der Waals surface area contributed by atoms with E-state index in [1.165, 1.54) is 0 Å². The van der Waals surface area contributed by atoms with Crippen LogP contribution in [0.3, 0.4) is 0 Å². The Hall–Kier alpha value is -0.0200. The highest BCUT2D eigenvalue weighted by atomic mass is 32.2. The van der Waals surface area contributed by atoms with Crippen molar-refractivity contribution in [3.63, 3.8) is 0 Å². The molecular weight excluding hydrogens is 182 g/mol. The summed E-state index contributed by atoms with van der Waals surface area (Å²) in [5.41, 5.74) is -0.221. The maximum absolute atomic E-state index is 10.7. The number of nitrogens with zero attached hydrogens (tertiary/aromatic N) is 1. The Kier molecular flexibility index (Phi) is 5.65. The van der Waals surface area contributed by atoms with Crippen LogP contribution in [0.4, 0.5) is 0 Å². The smallest absolute Gasteiger partial charge is 0.126 e. The van der Waals surface area contributed by atoms with E-state index in [1.807, 2.05) is 25.6 Å². The Bertz CT molecular complexity index is 159. The Morgan fingerprint density at radius 3 is 2.46 bits per heavy atom. The Labute approximate surface area is 86.1 Å². The van der Waals surface area contributed by atoms with E-state index in [4.69, 9.17) is 0 Å². The van der Waals surface area contributed by atoms with E-state index in [0.29, 0.717) is 6.04 Å². The third-order valence-electron chi connectivity index (χ3n) is 2.14. The lowest BCUT2D eigenvalue weighted by molar-refractivity contribution is -0.115. The van der Waals surface area contributed by atoms with Crippen molar-refractivity contribution in [2.75, 3.05) is 25.6 Å². The SMILES string of the molecule is CSCC(C)N(C)CC(C)(C)C=O. The minimum absolute atomic E-state index is 0.221. The zero-order chi connectivity index (χ0) is 10.5. The van der Waals surface area contributed by atoms with E-state index in [1.54, 1.807) is 0 Å². The largest absolute Gasteiger partial charge is 0.303 e. The summed E-state index contributed by atoms with van der Waals surface area (Å²) in [5.74, 6) is 1.12. The molecule has 0 aromatic heterocycles. The third kappa shape index (κ3) is 5.32. The van der Waals surface area contributed by atoms with Gasteiger partial charge in [-0.2, -0.15) is 11.8 Å². The van der Waals surface area contributed by atoms with Gasteiger partial charge in [0.1, 0.15) is 6.29 Å². The van der Waals surface area contributed by atoms with Crippen molar-refractivity contribution in [2.24, 2.45) is 5.41 Å². The molecule has 3 heteroatoms. The van der Waals surface area contributed by atoms with Crippen molar-refractivity contribution in [1.82, 2.24) is 4.90 Å². The van der Waals surface area contributed by atoms with Crippen LogP contribution in [-0.4, -0.2) is 42.8 Å². The number of carbonyl (C=O) groups excluding carboxylic acids is 1. The lowest BCUT2D eigenvalue weighted by atomic mass is 9.95.